The van der Waals surface area contributed by atoms with Crippen LogP contribution in [0, 0.1) is 10.1 Å². The van der Waals surface area contributed by atoms with Crippen LogP contribution in [-0.2, 0) is 4.79 Å². The number of aromatic nitrogens is 2. The van der Waals surface area contributed by atoms with Crippen molar-refractivity contribution in [1.29, 1.82) is 0 Å². The minimum atomic E-state index is -0.934. The van der Waals surface area contributed by atoms with Crippen molar-refractivity contribution in [3.05, 3.63) is 75.3 Å². The van der Waals surface area contributed by atoms with Crippen molar-refractivity contribution in [3.8, 4) is 11.5 Å². The highest BCUT2D eigenvalue weighted by Gasteiger charge is 2.19. The van der Waals surface area contributed by atoms with Gasteiger partial charge in [-0.25, -0.2) is 4.68 Å². The number of hydrogen-bond donors (Lipinski definition) is 1. The second-order valence-electron chi connectivity index (χ2n) is 5.45. The number of nitro benzene ring substituents is 1. The molecule has 1 atom stereocenters. The van der Waals surface area contributed by atoms with Crippen molar-refractivity contribution in [2.75, 3.05) is 5.32 Å². The summed E-state index contributed by atoms with van der Waals surface area (Å²) in [6.07, 6.45) is 1.48. The monoisotopic (exact) mass is 354 g/mol. The molecule has 2 aromatic heterocycles. The maximum absolute atomic E-state index is 12.4. The summed E-state index contributed by atoms with van der Waals surface area (Å²) in [4.78, 5) is 34.8. The number of carbonyl (C=O) groups excluding carboxylic acids is 1. The second kappa shape index (κ2) is 7.01. The van der Waals surface area contributed by atoms with E-state index in [9.17, 15) is 19.7 Å². The Morgan fingerprint density at radius 1 is 1.27 bits per heavy atom. The average molecular weight is 354 g/mol. The van der Waals surface area contributed by atoms with Crippen molar-refractivity contribution in [1.82, 2.24) is 9.78 Å². The first kappa shape index (κ1) is 17.1. The molecule has 0 saturated heterocycles. The zero-order valence-electron chi connectivity index (χ0n) is 13.7. The normalized spacial score (nSPS) is 11.7. The van der Waals surface area contributed by atoms with E-state index in [1.54, 1.807) is 12.1 Å². The topological polar surface area (TPSA) is 120 Å². The van der Waals surface area contributed by atoms with E-state index in [2.05, 4.69) is 10.4 Å². The van der Waals surface area contributed by atoms with Crippen molar-refractivity contribution in [2.45, 2.75) is 13.0 Å². The predicted octanol–water partition coefficient (Wildman–Crippen LogP) is 2.61. The van der Waals surface area contributed by atoms with Crippen LogP contribution >= 0.6 is 0 Å². The summed E-state index contributed by atoms with van der Waals surface area (Å²) in [6, 6.07) is 10.8. The molecule has 1 aromatic carbocycles. The largest absolute Gasteiger partial charge is 0.463 e. The SMILES string of the molecule is CC(C(=O)Nc1cccc([N+](=O)[O-])c1)n1nc(-c2ccco2)ccc1=O. The van der Waals surface area contributed by atoms with Crippen LogP contribution in [0.15, 0.2) is 64.0 Å². The summed E-state index contributed by atoms with van der Waals surface area (Å²) >= 11 is 0. The molecule has 0 radical (unpaired) electrons. The molecule has 1 amide bonds. The molecule has 0 aliphatic rings. The van der Waals surface area contributed by atoms with Gasteiger partial charge in [0.15, 0.2) is 5.76 Å². The molecule has 0 aliphatic carbocycles. The third-order valence-corrected chi connectivity index (χ3v) is 3.67. The molecule has 2 heterocycles. The molecule has 26 heavy (non-hydrogen) atoms. The van der Waals surface area contributed by atoms with Gasteiger partial charge in [-0.3, -0.25) is 19.7 Å². The first-order valence-electron chi connectivity index (χ1n) is 7.65. The molecular formula is C17H14N4O5. The Morgan fingerprint density at radius 2 is 2.08 bits per heavy atom. The van der Waals surface area contributed by atoms with Gasteiger partial charge in [-0.2, -0.15) is 5.10 Å². The van der Waals surface area contributed by atoms with Crippen LogP contribution in [0.1, 0.15) is 13.0 Å². The van der Waals surface area contributed by atoms with E-state index in [-0.39, 0.29) is 11.4 Å². The van der Waals surface area contributed by atoms with E-state index in [4.69, 9.17) is 4.42 Å². The molecule has 3 aromatic rings. The molecule has 0 spiro atoms. The maximum Gasteiger partial charge on any atom is 0.271 e. The molecule has 0 aliphatic heterocycles. The number of nitrogens with zero attached hydrogens (tertiary/aromatic N) is 3. The van der Waals surface area contributed by atoms with Crippen LogP contribution in [0.25, 0.3) is 11.5 Å². The zero-order chi connectivity index (χ0) is 18.7. The Hall–Kier alpha value is -3.75. The fourth-order valence-electron chi connectivity index (χ4n) is 2.31. The van der Waals surface area contributed by atoms with Crippen LogP contribution < -0.4 is 10.9 Å². The summed E-state index contributed by atoms with van der Waals surface area (Å²) in [5.74, 6) is -0.0678. The first-order valence-corrected chi connectivity index (χ1v) is 7.65. The summed E-state index contributed by atoms with van der Waals surface area (Å²) in [5.41, 5.74) is 0.0587. The number of nitrogens with one attached hydrogen (secondary N) is 1. The van der Waals surface area contributed by atoms with E-state index in [0.29, 0.717) is 11.5 Å². The fourth-order valence-corrected chi connectivity index (χ4v) is 2.31. The smallest absolute Gasteiger partial charge is 0.271 e. The standard InChI is InChI=1S/C17H14N4O5/c1-11(17(23)18-12-4-2-5-13(10-12)21(24)25)20-16(22)8-7-14(19-20)15-6-3-9-26-15/h2-11H,1H3,(H,18,23). The van der Waals surface area contributed by atoms with Gasteiger partial charge in [-0.15, -0.1) is 0 Å². The van der Waals surface area contributed by atoms with Crippen molar-refractivity contribution in [2.24, 2.45) is 0 Å². The van der Waals surface area contributed by atoms with E-state index in [1.807, 2.05) is 0 Å². The molecule has 1 unspecified atom stereocenters. The number of non-ortho nitro benzene ring substituents is 1. The number of hydrogen-bond acceptors (Lipinski definition) is 6. The maximum atomic E-state index is 12.4. The van der Waals surface area contributed by atoms with Gasteiger partial charge in [-0.1, -0.05) is 6.07 Å². The number of carbonyl (C=O) groups is 1. The molecule has 9 nitrogen and oxygen atoms in total. The van der Waals surface area contributed by atoms with Crippen LogP contribution in [0.5, 0.6) is 0 Å². The van der Waals surface area contributed by atoms with E-state index in [1.165, 1.54) is 49.6 Å². The van der Waals surface area contributed by atoms with E-state index in [0.717, 1.165) is 4.68 Å². The lowest BCUT2D eigenvalue weighted by Gasteiger charge is -2.14. The number of amides is 1. The predicted molar refractivity (Wildman–Crippen MR) is 92.6 cm³/mol. The van der Waals surface area contributed by atoms with Gasteiger partial charge < -0.3 is 9.73 Å². The molecular weight excluding hydrogens is 340 g/mol. The third-order valence-electron chi connectivity index (χ3n) is 3.67. The Morgan fingerprint density at radius 3 is 2.77 bits per heavy atom. The molecule has 0 bridgehead atoms. The zero-order valence-corrected chi connectivity index (χ0v) is 13.7. The highest BCUT2D eigenvalue weighted by Crippen LogP contribution is 2.19. The Bertz CT molecular complexity index is 1010. The van der Waals surface area contributed by atoms with Gasteiger partial charge in [0.1, 0.15) is 11.7 Å². The van der Waals surface area contributed by atoms with Gasteiger partial charge in [0.25, 0.3) is 11.2 Å². The van der Waals surface area contributed by atoms with Crippen molar-refractivity contribution in [3.63, 3.8) is 0 Å². The Balaban J connectivity index is 1.85. The van der Waals surface area contributed by atoms with Gasteiger partial charge in [-0.05, 0) is 31.2 Å². The number of rotatable bonds is 5. The lowest BCUT2D eigenvalue weighted by Crippen LogP contribution is -2.33. The lowest BCUT2D eigenvalue weighted by atomic mass is 10.2. The number of furan rings is 1. The van der Waals surface area contributed by atoms with E-state index < -0.39 is 22.4 Å². The van der Waals surface area contributed by atoms with Crippen LogP contribution in [0.4, 0.5) is 11.4 Å². The molecule has 3 rings (SSSR count). The molecule has 0 saturated carbocycles. The third kappa shape index (κ3) is 3.51. The number of anilines is 1. The summed E-state index contributed by atoms with van der Waals surface area (Å²) < 4.78 is 6.28. The quantitative estimate of drug-likeness (QED) is 0.555. The first-order chi connectivity index (χ1) is 12.5. The molecule has 0 fully saturated rings. The van der Waals surface area contributed by atoms with Crippen molar-refractivity contribution >= 4 is 17.3 Å². The summed E-state index contributed by atoms with van der Waals surface area (Å²) in [5, 5.41) is 17.5. The molecule has 132 valence electrons. The van der Waals surface area contributed by atoms with Gasteiger partial charge in [0.05, 0.1) is 11.2 Å². The molecule has 9 heteroatoms. The highest BCUT2D eigenvalue weighted by atomic mass is 16.6. The fraction of sp³-hybridized carbons (Fsp3) is 0.118. The Kier molecular flexibility index (Phi) is 4.61. The van der Waals surface area contributed by atoms with E-state index >= 15 is 0 Å². The van der Waals surface area contributed by atoms with Gasteiger partial charge in [0, 0.05) is 23.9 Å². The Labute approximate surface area is 147 Å². The van der Waals surface area contributed by atoms with Crippen LogP contribution in [0.2, 0.25) is 0 Å². The summed E-state index contributed by atoms with van der Waals surface area (Å²) in [7, 11) is 0. The van der Waals surface area contributed by atoms with Gasteiger partial charge >= 0.3 is 0 Å². The number of benzene rings is 1. The minimum absolute atomic E-state index is 0.148. The second-order valence-corrected chi connectivity index (χ2v) is 5.45. The average Bonchev–Trinajstić information content (AvgIpc) is 3.16. The lowest BCUT2D eigenvalue weighted by molar-refractivity contribution is -0.384. The van der Waals surface area contributed by atoms with Crippen LogP contribution in [-0.4, -0.2) is 20.6 Å². The summed E-state index contributed by atoms with van der Waals surface area (Å²) in [6.45, 7) is 1.51. The van der Waals surface area contributed by atoms with Crippen molar-refractivity contribution < 1.29 is 14.1 Å². The van der Waals surface area contributed by atoms with Crippen LogP contribution in [0.3, 0.4) is 0 Å². The number of nitro groups is 1. The highest BCUT2D eigenvalue weighted by molar-refractivity contribution is 5.93. The molecule has 1 N–H and O–H groups in total. The van der Waals surface area contributed by atoms with Gasteiger partial charge in [0.2, 0.25) is 5.91 Å². The minimum Gasteiger partial charge on any atom is -0.463 e.